The summed E-state index contributed by atoms with van der Waals surface area (Å²) >= 11 is 0. The van der Waals surface area contributed by atoms with E-state index in [1.807, 2.05) is 0 Å². The molecule has 1 saturated carbocycles. The lowest BCUT2D eigenvalue weighted by atomic mass is 9.92. The zero-order chi connectivity index (χ0) is 10.7. The van der Waals surface area contributed by atoms with Crippen molar-refractivity contribution in [2.24, 2.45) is 5.73 Å². The van der Waals surface area contributed by atoms with Gasteiger partial charge in [0, 0.05) is 31.3 Å². The van der Waals surface area contributed by atoms with Crippen molar-refractivity contribution in [1.29, 1.82) is 0 Å². The summed E-state index contributed by atoms with van der Waals surface area (Å²) in [4.78, 5) is 2.57. The highest BCUT2D eigenvalue weighted by Crippen LogP contribution is 2.36. The van der Waals surface area contributed by atoms with Gasteiger partial charge in [0.1, 0.15) is 0 Å². The molecule has 0 atom stereocenters. The molecule has 2 rings (SSSR count). The summed E-state index contributed by atoms with van der Waals surface area (Å²) in [7, 11) is 2.27. The molecule has 2 fully saturated rings. The molecule has 0 aromatic rings. The van der Waals surface area contributed by atoms with Gasteiger partial charge in [-0.15, -0.1) is 0 Å². The standard InChI is InChI=1S/C12H24N2O/c1-14(11-4-8-15-9-5-11)12(10-13)6-2-3-7-12/h11H,2-10,13H2,1H3. The number of rotatable bonds is 3. The van der Waals surface area contributed by atoms with Crippen molar-refractivity contribution in [2.75, 3.05) is 26.8 Å². The van der Waals surface area contributed by atoms with Gasteiger partial charge in [-0.25, -0.2) is 0 Å². The molecule has 88 valence electrons. The Morgan fingerprint density at radius 3 is 2.40 bits per heavy atom. The summed E-state index contributed by atoms with van der Waals surface area (Å²) in [5, 5.41) is 0. The molecule has 0 radical (unpaired) electrons. The topological polar surface area (TPSA) is 38.5 Å². The highest BCUT2D eigenvalue weighted by Gasteiger charge is 2.39. The Hall–Kier alpha value is -0.120. The van der Waals surface area contributed by atoms with E-state index in [1.54, 1.807) is 0 Å². The summed E-state index contributed by atoms with van der Waals surface area (Å²) in [6.45, 7) is 2.67. The lowest BCUT2D eigenvalue weighted by molar-refractivity contribution is 0.0000779. The molecule has 1 heterocycles. The van der Waals surface area contributed by atoms with E-state index in [9.17, 15) is 0 Å². The molecule has 3 heteroatoms. The summed E-state index contributed by atoms with van der Waals surface area (Å²) < 4.78 is 5.42. The van der Waals surface area contributed by atoms with E-state index in [0.717, 1.165) is 19.8 Å². The first-order valence-electron chi connectivity index (χ1n) is 6.29. The normalized spacial score (nSPS) is 27.4. The Morgan fingerprint density at radius 1 is 1.27 bits per heavy atom. The Labute approximate surface area is 93.0 Å². The minimum atomic E-state index is 0.308. The number of nitrogens with zero attached hydrogens (tertiary/aromatic N) is 1. The monoisotopic (exact) mass is 212 g/mol. The van der Waals surface area contributed by atoms with Gasteiger partial charge >= 0.3 is 0 Å². The molecule has 15 heavy (non-hydrogen) atoms. The lowest BCUT2D eigenvalue weighted by Crippen LogP contribution is -2.55. The third-order valence-corrected chi connectivity index (χ3v) is 4.40. The van der Waals surface area contributed by atoms with Crippen molar-refractivity contribution < 1.29 is 4.74 Å². The second kappa shape index (κ2) is 4.81. The van der Waals surface area contributed by atoms with Gasteiger partial charge in [0.25, 0.3) is 0 Å². The van der Waals surface area contributed by atoms with Crippen molar-refractivity contribution >= 4 is 0 Å². The fourth-order valence-electron chi connectivity index (χ4n) is 3.19. The molecule has 0 unspecified atom stereocenters. The van der Waals surface area contributed by atoms with E-state index in [-0.39, 0.29) is 0 Å². The zero-order valence-electron chi connectivity index (χ0n) is 9.87. The molecule has 2 N–H and O–H groups in total. The molecular weight excluding hydrogens is 188 g/mol. The largest absolute Gasteiger partial charge is 0.381 e. The van der Waals surface area contributed by atoms with Crippen LogP contribution in [0.15, 0.2) is 0 Å². The lowest BCUT2D eigenvalue weighted by Gasteiger charge is -2.44. The van der Waals surface area contributed by atoms with Crippen molar-refractivity contribution in [2.45, 2.75) is 50.1 Å². The van der Waals surface area contributed by atoms with Crippen LogP contribution in [0.5, 0.6) is 0 Å². The predicted octanol–water partition coefficient (Wildman–Crippen LogP) is 1.37. The van der Waals surface area contributed by atoms with Gasteiger partial charge in [-0.05, 0) is 32.7 Å². The Bertz CT molecular complexity index is 196. The van der Waals surface area contributed by atoms with Crippen LogP contribution in [0.3, 0.4) is 0 Å². The summed E-state index contributed by atoms with van der Waals surface area (Å²) in [6.07, 6.45) is 7.64. The molecular formula is C12H24N2O. The van der Waals surface area contributed by atoms with Crippen molar-refractivity contribution in [3.63, 3.8) is 0 Å². The van der Waals surface area contributed by atoms with Crippen molar-refractivity contribution in [3.8, 4) is 0 Å². The highest BCUT2D eigenvalue weighted by atomic mass is 16.5. The van der Waals surface area contributed by atoms with Crippen LogP contribution in [0.1, 0.15) is 38.5 Å². The minimum absolute atomic E-state index is 0.308. The van der Waals surface area contributed by atoms with Crippen LogP contribution in [-0.2, 0) is 4.74 Å². The van der Waals surface area contributed by atoms with Crippen LogP contribution in [-0.4, -0.2) is 43.3 Å². The predicted molar refractivity (Wildman–Crippen MR) is 61.9 cm³/mol. The van der Waals surface area contributed by atoms with Gasteiger partial charge < -0.3 is 10.5 Å². The average molecular weight is 212 g/mol. The van der Waals surface area contributed by atoms with Crippen molar-refractivity contribution in [3.05, 3.63) is 0 Å². The fourth-order valence-corrected chi connectivity index (χ4v) is 3.19. The smallest absolute Gasteiger partial charge is 0.0480 e. The summed E-state index contributed by atoms with van der Waals surface area (Å²) in [6, 6.07) is 0.695. The number of nitrogens with two attached hydrogens (primary N) is 1. The van der Waals surface area contributed by atoms with E-state index < -0.39 is 0 Å². The maximum atomic E-state index is 6.00. The first-order chi connectivity index (χ1) is 7.28. The Morgan fingerprint density at radius 2 is 1.87 bits per heavy atom. The first kappa shape index (κ1) is 11.4. The SMILES string of the molecule is CN(C1CCOCC1)C1(CN)CCCC1. The molecule has 2 aliphatic rings. The first-order valence-corrected chi connectivity index (χ1v) is 6.29. The van der Waals surface area contributed by atoms with E-state index >= 15 is 0 Å². The highest BCUT2D eigenvalue weighted by molar-refractivity contribution is 4.97. The number of hydrogen-bond donors (Lipinski definition) is 1. The molecule has 0 amide bonds. The molecule has 0 aromatic heterocycles. The Balaban J connectivity index is 2.00. The Kier molecular flexibility index (Phi) is 3.65. The van der Waals surface area contributed by atoms with E-state index in [4.69, 9.17) is 10.5 Å². The van der Waals surface area contributed by atoms with Crippen LogP contribution < -0.4 is 5.73 Å². The molecule has 0 spiro atoms. The van der Waals surface area contributed by atoms with Crippen LogP contribution in [0.25, 0.3) is 0 Å². The van der Waals surface area contributed by atoms with E-state index in [2.05, 4.69) is 11.9 Å². The molecule has 0 aromatic carbocycles. The second-order valence-electron chi connectivity index (χ2n) is 5.09. The molecule has 3 nitrogen and oxygen atoms in total. The van der Waals surface area contributed by atoms with Gasteiger partial charge in [0.2, 0.25) is 0 Å². The molecule has 1 aliphatic carbocycles. The molecule has 1 aliphatic heterocycles. The maximum absolute atomic E-state index is 6.00. The van der Waals surface area contributed by atoms with Crippen LogP contribution >= 0.6 is 0 Å². The van der Waals surface area contributed by atoms with E-state index in [0.29, 0.717) is 11.6 Å². The minimum Gasteiger partial charge on any atom is -0.381 e. The molecule has 1 saturated heterocycles. The van der Waals surface area contributed by atoms with Gasteiger partial charge in [0.05, 0.1) is 0 Å². The van der Waals surface area contributed by atoms with E-state index in [1.165, 1.54) is 38.5 Å². The van der Waals surface area contributed by atoms with Crippen LogP contribution in [0.4, 0.5) is 0 Å². The number of likely N-dealkylation sites (N-methyl/N-ethyl adjacent to an activating group) is 1. The third kappa shape index (κ3) is 2.19. The fraction of sp³-hybridized carbons (Fsp3) is 1.00. The number of ether oxygens (including phenoxy) is 1. The van der Waals surface area contributed by atoms with Crippen molar-refractivity contribution in [1.82, 2.24) is 4.90 Å². The molecule has 0 bridgehead atoms. The van der Waals surface area contributed by atoms with Crippen LogP contribution in [0, 0.1) is 0 Å². The zero-order valence-corrected chi connectivity index (χ0v) is 9.87. The van der Waals surface area contributed by atoms with Gasteiger partial charge in [-0.1, -0.05) is 12.8 Å². The van der Waals surface area contributed by atoms with Crippen LogP contribution in [0.2, 0.25) is 0 Å². The number of hydrogen-bond acceptors (Lipinski definition) is 3. The van der Waals surface area contributed by atoms with Gasteiger partial charge in [-0.3, -0.25) is 4.90 Å². The maximum Gasteiger partial charge on any atom is 0.0480 e. The quantitative estimate of drug-likeness (QED) is 0.768. The summed E-state index contributed by atoms with van der Waals surface area (Å²) in [5.74, 6) is 0. The van der Waals surface area contributed by atoms with Gasteiger partial charge in [0.15, 0.2) is 0 Å². The van der Waals surface area contributed by atoms with Gasteiger partial charge in [-0.2, -0.15) is 0 Å². The average Bonchev–Trinajstić information content (AvgIpc) is 2.79. The third-order valence-electron chi connectivity index (χ3n) is 4.40. The second-order valence-corrected chi connectivity index (χ2v) is 5.09. The summed E-state index contributed by atoms with van der Waals surface area (Å²) in [5.41, 5.74) is 6.31.